The number of esters is 1. The lowest BCUT2D eigenvalue weighted by Gasteiger charge is -2.40. The van der Waals surface area contributed by atoms with Crippen LogP contribution in [0.3, 0.4) is 0 Å². The van der Waals surface area contributed by atoms with E-state index in [1.165, 1.54) is 0 Å². The lowest BCUT2D eigenvalue weighted by Crippen LogP contribution is -2.59. The molecule has 1 unspecified atom stereocenters. The van der Waals surface area contributed by atoms with Crippen molar-refractivity contribution in [3.8, 4) is 0 Å². The molecule has 0 N–H and O–H groups in total. The normalized spacial score (nSPS) is 28.2. The highest BCUT2D eigenvalue weighted by atomic mass is 28.3. The van der Waals surface area contributed by atoms with Gasteiger partial charge >= 0.3 is 5.97 Å². The molecule has 0 bridgehead atoms. The lowest BCUT2D eigenvalue weighted by atomic mass is 9.91. The number of rotatable bonds is 3. The van der Waals surface area contributed by atoms with Gasteiger partial charge in [0.05, 0.1) is 8.07 Å². The summed E-state index contributed by atoms with van der Waals surface area (Å²) in [6, 6.07) is 10.1. The molecule has 0 radical (unpaired) electrons. The summed E-state index contributed by atoms with van der Waals surface area (Å²) in [5.74, 6) is -0.744. The number of ether oxygens (including phenoxy) is 2. The van der Waals surface area contributed by atoms with E-state index in [0.717, 1.165) is 24.8 Å². The van der Waals surface area contributed by atoms with Gasteiger partial charge in [-0.25, -0.2) is 4.79 Å². The molecule has 0 amide bonds. The van der Waals surface area contributed by atoms with Crippen LogP contribution in [0, 0.1) is 0 Å². The van der Waals surface area contributed by atoms with Crippen molar-refractivity contribution >= 4 is 14.0 Å². The lowest BCUT2D eigenvalue weighted by molar-refractivity contribution is -0.221. The molecule has 1 spiro atoms. The molecule has 1 aromatic rings. The maximum Gasteiger partial charge on any atom is 0.337 e. The summed E-state index contributed by atoms with van der Waals surface area (Å²) in [5.41, 5.74) is 1.14. The van der Waals surface area contributed by atoms with Crippen molar-refractivity contribution in [3.63, 3.8) is 0 Å². The smallest absolute Gasteiger partial charge is 0.337 e. The highest BCUT2D eigenvalue weighted by Gasteiger charge is 2.65. The Bertz CT molecular complexity index is 516. The van der Waals surface area contributed by atoms with E-state index in [1.54, 1.807) is 0 Å². The molecule has 4 heteroatoms. The van der Waals surface area contributed by atoms with Gasteiger partial charge in [-0.05, 0) is 12.0 Å². The molecular formula is C16H22O3Si. The SMILES string of the molecule is C[Si](C)(C)C1(Cc2ccccc2)OC2(CCC2)OC1=O. The van der Waals surface area contributed by atoms with Crippen molar-refractivity contribution in [2.75, 3.05) is 0 Å². The monoisotopic (exact) mass is 290 g/mol. The van der Waals surface area contributed by atoms with Gasteiger partial charge in [0.25, 0.3) is 0 Å². The fraction of sp³-hybridized carbons (Fsp3) is 0.562. The molecule has 108 valence electrons. The molecule has 1 saturated carbocycles. The molecular weight excluding hydrogens is 268 g/mol. The zero-order chi connectivity index (χ0) is 14.4. The minimum atomic E-state index is -1.89. The van der Waals surface area contributed by atoms with E-state index in [1.807, 2.05) is 18.2 Å². The summed E-state index contributed by atoms with van der Waals surface area (Å²) in [6.45, 7) is 6.57. The Morgan fingerprint density at radius 3 is 2.25 bits per heavy atom. The summed E-state index contributed by atoms with van der Waals surface area (Å²) >= 11 is 0. The Hall–Kier alpha value is -1.13. The van der Waals surface area contributed by atoms with E-state index in [2.05, 4.69) is 31.8 Å². The van der Waals surface area contributed by atoms with E-state index in [9.17, 15) is 4.79 Å². The third kappa shape index (κ3) is 2.02. The van der Waals surface area contributed by atoms with Gasteiger partial charge in [0.15, 0.2) is 5.22 Å². The van der Waals surface area contributed by atoms with Gasteiger partial charge in [0.2, 0.25) is 5.79 Å². The minimum Gasteiger partial charge on any atom is -0.431 e. The first-order chi connectivity index (χ1) is 9.37. The first-order valence-electron chi connectivity index (χ1n) is 7.35. The largest absolute Gasteiger partial charge is 0.431 e. The zero-order valence-electron chi connectivity index (χ0n) is 12.4. The highest BCUT2D eigenvalue weighted by molar-refractivity contribution is 6.82. The second-order valence-corrected chi connectivity index (χ2v) is 12.3. The van der Waals surface area contributed by atoms with Crippen LogP contribution in [0.5, 0.6) is 0 Å². The summed E-state index contributed by atoms with van der Waals surface area (Å²) in [4.78, 5) is 12.6. The molecule has 20 heavy (non-hydrogen) atoms. The van der Waals surface area contributed by atoms with Crippen LogP contribution < -0.4 is 0 Å². The van der Waals surface area contributed by atoms with Crippen LogP contribution in [0.1, 0.15) is 24.8 Å². The zero-order valence-corrected chi connectivity index (χ0v) is 13.4. The first-order valence-corrected chi connectivity index (χ1v) is 10.8. The number of hydrogen-bond donors (Lipinski definition) is 0. The van der Waals surface area contributed by atoms with Crippen LogP contribution in [-0.2, 0) is 20.7 Å². The van der Waals surface area contributed by atoms with Gasteiger partial charge in [0.1, 0.15) is 0 Å². The molecule has 1 aromatic carbocycles. The molecule has 2 fully saturated rings. The second-order valence-electron chi connectivity index (χ2n) is 7.00. The van der Waals surface area contributed by atoms with Crippen LogP contribution in [-0.4, -0.2) is 25.1 Å². The average Bonchev–Trinajstić information content (AvgIpc) is 2.65. The van der Waals surface area contributed by atoms with Crippen LogP contribution in [0.4, 0.5) is 0 Å². The third-order valence-corrected chi connectivity index (χ3v) is 7.50. The fourth-order valence-corrected chi connectivity index (χ4v) is 4.91. The Morgan fingerprint density at radius 2 is 1.80 bits per heavy atom. The third-order valence-electron chi connectivity index (χ3n) is 4.59. The van der Waals surface area contributed by atoms with Crippen LogP contribution in [0.2, 0.25) is 19.6 Å². The summed E-state index contributed by atoms with van der Waals surface area (Å²) in [7, 11) is -1.89. The fourth-order valence-electron chi connectivity index (χ4n) is 3.02. The van der Waals surface area contributed by atoms with Crippen LogP contribution in [0.15, 0.2) is 30.3 Å². The van der Waals surface area contributed by atoms with E-state index in [4.69, 9.17) is 9.47 Å². The quantitative estimate of drug-likeness (QED) is 0.633. The Morgan fingerprint density at radius 1 is 1.15 bits per heavy atom. The minimum absolute atomic E-state index is 0.139. The van der Waals surface area contributed by atoms with E-state index in [0.29, 0.717) is 6.42 Å². The van der Waals surface area contributed by atoms with Gasteiger partial charge in [-0.2, -0.15) is 0 Å². The summed E-state index contributed by atoms with van der Waals surface area (Å²) < 4.78 is 12.0. The van der Waals surface area contributed by atoms with Crippen LogP contribution >= 0.6 is 0 Å². The van der Waals surface area contributed by atoms with Crippen molar-refractivity contribution in [2.45, 2.75) is 56.3 Å². The molecule has 0 aromatic heterocycles. The van der Waals surface area contributed by atoms with Gasteiger partial charge in [0, 0.05) is 19.3 Å². The molecule has 2 aliphatic rings. The number of benzene rings is 1. The van der Waals surface area contributed by atoms with Crippen molar-refractivity contribution in [1.82, 2.24) is 0 Å². The Labute approximate surface area is 121 Å². The van der Waals surface area contributed by atoms with Gasteiger partial charge in [-0.3, -0.25) is 0 Å². The maximum atomic E-state index is 12.6. The predicted octanol–water partition coefficient (Wildman–Crippen LogP) is 3.30. The molecule has 3 rings (SSSR count). The van der Waals surface area contributed by atoms with Gasteiger partial charge in [-0.15, -0.1) is 0 Å². The topological polar surface area (TPSA) is 35.5 Å². The van der Waals surface area contributed by atoms with Gasteiger partial charge in [-0.1, -0.05) is 50.0 Å². The van der Waals surface area contributed by atoms with Crippen molar-refractivity contribution in [2.24, 2.45) is 0 Å². The second kappa shape index (κ2) is 4.43. The van der Waals surface area contributed by atoms with Crippen molar-refractivity contribution in [3.05, 3.63) is 35.9 Å². The molecule has 3 nitrogen and oxygen atoms in total. The standard InChI is InChI=1S/C16H22O3Si/c1-20(2,3)16(12-13-8-5-4-6-9-13)14(17)18-15(19-16)10-7-11-15/h4-6,8-9H,7,10-12H2,1-3H3. The van der Waals surface area contributed by atoms with Crippen LogP contribution in [0.25, 0.3) is 0 Å². The Balaban J connectivity index is 1.96. The molecule has 1 aliphatic heterocycles. The number of carbonyl (C=O) groups is 1. The average molecular weight is 290 g/mol. The van der Waals surface area contributed by atoms with Crippen molar-refractivity contribution in [1.29, 1.82) is 0 Å². The molecule has 1 saturated heterocycles. The Kier molecular flexibility index (Phi) is 3.06. The predicted molar refractivity (Wildman–Crippen MR) is 80.0 cm³/mol. The molecule has 1 heterocycles. The van der Waals surface area contributed by atoms with Gasteiger partial charge < -0.3 is 9.47 Å². The van der Waals surface area contributed by atoms with Crippen molar-refractivity contribution < 1.29 is 14.3 Å². The number of hydrogen-bond acceptors (Lipinski definition) is 3. The summed E-state index contributed by atoms with van der Waals surface area (Å²) in [5, 5.41) is -0.741. The molecule has 1 aliphatic carbocycles. The number of carbonyl (C=O) groups excluding carboxylic acids is 1. The highest BCUT2D eigenvalue weighted by Crippen LogP contribution is 2.49. The van der Waals surface area contributed by atoms with E-state index >= 15 is 0 Å². The van der Waals surface area contributed by atoms with E-state index < -0.39 is 19.1 Å². The van der Waals surface area contributed by atoms with E-state index in [-0.39, 0.29) is 5.97 Å². The summed E-state index contributed by atoms with van der Waals surface area (Å²) in [6.07, 6.45) is 3.41. The first kappa shape index (κ1) is 13.8. The maximum absolute atomic E-state index is 12.6. The molecule has 1 atom stereocenters.